The van der Waals surface area contributed by atoms with Crippen LogP contribution < -0.4 is 5.56 Å². The molecule has 2 rings (SSSR count). The molecule has 1 aromatic heterocycles. The number of aromatic nitrogens is 1. The number of phenolic OH excluding ortho intramolecular Hbond substituents is 1. The molecule has 106 valence electrons. The van der Waals surface area contributed by atoms with Crippen molar-refractivity contribution in [3.05, 3.63) is 63.1 Å². The lowest BCUT2D eigenvalue weighted by Gasteiger charge is -2.09. The van der Waals surface area contributed by atoms with Crippen LogP contribution in [0, 0.1) is 25.2 Å². The molecule has 0 bridgehead atoms. The zero-order valence-corrected chi connectivity index (χ0v) is 12.1. The first-order valence-corrected chi connectivity index (χ1v) is 6.43. The second kappa shape index (κ2) is 5.63. The first-order valence-electron chi connectivity index (χ1n) is 6.43. The molecule has 0 saturated carbocycles. The van der Waals surface area contributed by atoms with Gasteiger partial charge >= 0.3 is 0 Å². The molecule has 2 aromatic rings. The van der Waals surface area contributed by atoms with Crippen molar-refractivity contribution in [3.8, 4) is 11.8 Å². The Hall–Kier alpha value is -2.87. The van der Waals surface area contributed by atoms with Crippen LogP contribution in [0.3, 0.4) is 0 Å². The van der Waals surface area contributed by atoms with E-state index in [2.05, 4.69) is 5.10 Å². The molecule has 0 spiro atoms. The van der Waals surface area contributed by atoms with E-state index < -0.39 is 5.56 Å². The maximum atomic E-state index is 12.3. The summed E-state index contributed by atoms with van der Waals surface area (Å²) in [4.78, 5) is 12.3. The normalized spacial score (nSPS) is 11.2. The molecule has 5 heteroatoms. The number of para-hydroxylation sites is 1. The zero-order chi connectivity index (χ0) is 15.6. The predicted octanol–water partition coefficient (Wildman–Crippen LogP) is 2.31. The fourth-order valence-electron chi connectivity index (χ4n) is 2.13. The Morgan fingerprint density at radius 3 is 2.62 bits per heavy atom. The number of aryl methyl sites for hydroxylation is 2. The number of hydrogen-bond donors (Lipinski definition) is 1. The lowest BCUT2D eigenvalue weighted by atomic mass is 10.1. The minimum absolute atomic E-state index is 0.0782. The summed E-state index contributed by atoms with van der Waals surface area (Å²) in [5, 5.41) is 23.1. The van der Waals surface area contributed by atoms with Crippen LogP contribution in [0.1, 0.15) is 29.3 Å². The molecule has 0 saturated heterocycles. The molecular weight excluding hydrogens is 266 g/mol. The summed E-state index contributed by atoms with van der Waals surface area (Å²) in [6.07, 6.45) is 0. The van der Waals surface area contributed by atoms with Gasteiger partial charge in [0.1, 0.15) is 17.4 Å². The Bertz CT molecular complexity index is 826. The molecule has 21 heavy (non-hydrogen) atoms. The van der Waals surface area contributed by atoms with Gasteiger partial charge in [-0.15, -0.1) is 0 Å². The lowest BCUT2D eigenvalue weighted by Crippen LogP contribution is -2.23. The van der Waals surface area contributed by atoms with E-state index in [1.54, 1.807) is 51.1 Å². The number of nitrogens with zero attached hydrogens (tertiary/aromatic N) is 3. The van der Waals surface area contributed by atoms with Crippen LogP contribution in [0.4, 0.5) is 0 Å². The van der Waals surface area contributed by atoms with Crippen LogP contribution >= 0.6 is 0 Å². The van der Waals surface area contributed by atoms with Crippen molar-refractivity contribution in [2.24, 2.45) is 5.10 Å². The number of rotatable bonds is 2. The van der Waals surface area contributed by atoms with E-state index in [0.29, 0.717) is 22.5 Å². The Kier molecular flexibility index (Phi) is 3.90. The van der Waals surface area contributed by atoms with E-state index in [1.807, 2.05) is 6.07 Å². The third-order valence-corrected chi connectivity index (χ3v) is 3.22. The number of pyridine rings is 1. The van der Waals surface area contributed by atoms with Crippen LogP contribution in [0.15, 0.2) is 40.2 Å². The molecule has 0 unspecified atom stereocenters. The number of phenols is 1. The van der Waals surface area contributed by atoms with Gasteiger partial charge in [0.25, 0.3) is 5.56 Å². The quantitative estimate of drug-likeness (QED) is 0.858. The second-order valence-corrected chi connectivity index (χ2v) is 4.78. The topological polar surface area (TPSA) is 78.4 Å². The fourth-order valence-corrected chi connectivity index (χ4v) is 2.13. The van der Waals surface area contributed by atoms with E-state index in [0.717, 1.165) is 0 Å². The third-order valence-electron chi connectivity index (χ3n) is 3.22. The highest BCUT2D eigenvalue weighted by atomic mass is 16.3. The van der Waals surface area contributed by atoms with Gasteiger partial charge in [-0.2, -0.15) is 10.4 Å². The minimum Gasteiger partial charge on any atom is -0.507 e. The molecule has 5 nitrogen and oxygen atoms in total. The molecule has 1 aromatic carbocycles. The maximum Gasteiger partial charge on any atom is 0.289 e. The predicted molar refractivity (Wildman–Crippen MR) is 80.6 cm³/mol. The van der Waals surface area contributed by atoms with Crippen molar-refractivity contribution in [3.63, 3.8) is 0 Å². The zero-order valence-electron chi connectivity index (χ0n) is 12.1. The Morgan fingerprint density at radius 2 is 2.00 bits per heavy atom. The molecule has 0 radical (unpaired) electrons. The van der Waals surface area contributed by atoms with Crippen molar-refractivity contribution < 1.29 is 5.11 Å². The van der Waals surface area contributed by atoms with Gasteiger partial charge in [0.2, 0.25) is 0 Å². The molecule has 0 aliphatic carbocycles. The van der Waals surface area contributed by atoms with E-state index in [1.165, 1.54) is 4.68 Å². The Labute approximate surface area is 122 Å². The van der Waals surface area contributed by atoms with Crippen molar-refractivity contribution in [2.45, 2.75) is 20.8 Å². The highest BCUT2D eigenvalue weighted by molar-refractivity contribution is 6.00. The summed E-state index contributed by atoms with van der Waals surface area (Å²) >= 11 is 0. The third kappa shape index (κ3) is 2.70. The average molecular weight is 281 g/mol. The minimum atomic E-state index is -0.454. The average Bonchev–Trinajstić information content (AvgIpc) is 2.44. The van der Waals surface area contributed by atoms with E-state index in [9.17, 15) is 9.90 Å². The summed E-state index contributed by atoms with van der Waals surface area (Å²) < 4.78 is 1.19. The molecule has 0 fully saturated rings. The van der Waals surface area contributed by atoms with Gasteiger partial charge in [-0.3, -0.25) is 4.79 Å². The summed E-state index contributed by atoms with van der Waals surface area (Å²) in [6, 6.07) is 10.4. The van der Waals surface area contributed by atoms with Crippen molar-refractivity contribution in [1.29, 1.82) is 5.26 Å². The van der Waals surface area contributed by atoms with Crippen LogP contribution in [0.5, 0.6) is 5.75 Å². The first-order chi connectivity index (χ1) is 9.95. The lowest BCUT2D eigenvalue weighted by molar-refractivity contribution is 0.474. The molecule has 0 aliphatic rings. The Balaban J connectivity index is 2.64. The summed E-state index contributed by atoms with van der Waals surface area (Å²) in [6.45, 7) is 5.17. The second-order valence-electron chi connectivity index (χ2n) is 4.78. The van der Waals surface area contributed by atoms with Crippen LogP contribution in [-0.4, -0.2) is 15.5 Å². The summed E-state index contributed by atoms with van der Waals surface area (Å²) in [5.41, 5.74) is 1.92. The van der Waals surface area contributed by atoms with Gasteiger partial charge in [0, 0.05) is 11.3 Å². The molecule has 0 atom stereocenters. The first kappa shape index (κ1) is 14.5. The summed E-state index contributed by atoms with van der Waals surface area (Å²) in [5.74, 6) is 0.0945. The Morgan fingerprint density at radius 1 is 1.33 bits per heavy atom. The van der Waals surface area contributed by atoms with Gasteiger partial charge in [-0.05, 0) is 44.5 Å². The van der Waals surface area contributed by atoms with Gasteiger partial charge in [0.05, 0.1) is 5.71 Å². The molecule has 1 heterocycles. The molecular formula is C16H15N3O2. The highest BCUT2D eigenvalue weighted by Gasteiger charge is 2.11. The van der Waals surface area contributed by atoms with Gasteiger partial charge < -0.3 is 5.11 Å². The van der Waals surface area contributed by atoms with Crippen LogP contribution in [0.2, 0.25) is 0 Å². The number of nitriles is 1. The maximum absolute atomic E-state index is 12.3. The van der Waals surface area contributed by atoms with Gasteiger partial charge in [-0.25, -0.2) is 4.68 Å². The number of hydrogen-bond acceptors (Lipinski definition) is 4. The molecule has 1 N–H and O–H groups in total. The smallest absolute Gasteiger partial charge is 0.289 e. The number of aromatic hydroxyl groups is 1. The van der Waals surface area contributed by atoms with Crippen molar-refractivity contribution in [2.75, 3.05) is 0 Å². The summed E-state index contributed by atoms with van der Waals surface area (Å²) in [7, 11) is 0. The van der Waals surface area contributed by atoms with Crippen LogP contribution in [0.25, 0.3) is 0 Å². The monoisotopic (exact) mass is 281 g/mol. The highest BCUT2D eigenvalue weighted by Crippen LogP contribution is 2.17. The van der Waals surface area contributed by atoms with Crippen LogP contribution in [-0.2, 0) is 0 Å². The SMILES string of the molecule is C/C(=N\n1c(C)cc(C)c(C#N)c1=O)c1ccccc1O. The van der Waals surface area contributed by atoms with Gasteiger partial charge in [0.15, 0.2) is 0 Å². The molecule has 0 amide bonds. The standard InChI is InChI=1S/C16H15N3O2/c1-10-8-11(2)19(16(21)14(10)9-17)18-12(3)13-6-4-5-7-15(13)20/h4-8,20H,1-3H3/b18-12+. The van der Waals surface area contributed by atoms with E-state index >= 15 is 0 Å². The van der Waals surface area contributed by atoms with Crippen molar-refractivity contribution in [1.82, 2.24) is 4.68 Å². The fraction of sp³-hybridized carbons (Fsp3) is 0.188. The molecule has 0 aliphatic heterocycles. The largest absolute Gasteiger partial charge is 0.507 e. The van der Waals surface area contributed by atoms with E-state index in [-0.39, 0.29) is 11.3 Å². The van der Waals surface area contributed by atoms with Crippen molar-refractivity contribution >= 4 is 5.71 Å². The van der Waals surface area contributed by atoms with E-state index in [4.69, 9.17) is 5.26 Å². The van der Waals surface area contributed by atoms with Gasteiger partial charge in [-0.1, -0.05) is 12.1 Å². The number of benzene rings is 1.